The Morgan fingerprint density at radius 3 is 2.55 bits per heavy atom. The van der Waals surface area contributed by atoms with Crippen molar-refractivity contribution in [2.75, 3.05) is 33.3 Å². The average molecular weight is 542 g/mol. The van der Waals surface area contributed by atoms with Crippen LogP contribution in [0.25, 0.3) is 0 Å². The van der Waals surface area contributed by atoms with E-state index in [2.05, 4.69) is 27.0 Å². The van der Waals surface area contributed by atoms with Gasteiger partial charge < -0.3 is 20.7 Å². The molecule has 1 amide bonds. The third kappa shape index (κ3) is 9.99. The van der Waals surface area contributed by atoms with Crippen molar-refractivity contribution in [1.29, 1.82) is 0 Å². The first-order chi connectivity index (χ1) is 14.5. The number of carbonyl (C=O) groups excluding carboxylic acids is 1. The van der Waals surface area contributed by atoms with Crippen molar-refractivity contribution in [2.24, 2.45) is 4.99 Å². The van der Waals surface area contributed by atoms with Crippen molar-refractivity contribution in [3.63, 3.8) is 0 Å². The number of guanidine groups is 1. The first kappa shape index (κ1) is 26.7. The number of ether oxygens (including phenoxy) is 1. The lowest BCUT2D eigenvalue weighted by Crippen LogP contribution is -2.41. The Kier molecular flexibility index (Phi) is 12.6. The number of amides is 1. The Hall–Kier alpha value is -2.36. The van der Waals surface area contributed by atoms with E-state index < -0.39 is 0 Å². The fraction of sp³-hybridized carbons (Fsp3) is 0.391. The fourth-order valence-electron chi connectivity index (χ4n) is 2.94. The normalized spacial score (nSPS) is 10.8. The molecule has 3 N–H and O–H groups in total. The minimum atomic E-state index is -0.336. The Labute approximate surface area is 201 Å². The zero-order valence-corrected chi connectivity index (χ0v) is 20.7. The van der Waals surface area contributed by atoms with Gasteiger partial charge >= 0.3 is 0 Å². The summed E-state index contributed by atoms with van der Waals surface area (Å²) >= 11 is 0. The van der Waals surface area contributed by atoms with Gasteiger partial charge in [0.1, 0.15) is 11.6 Å². The molecule has 0 bridgehead atoms. The van der Waals surface area contributed by atoms with E-state index in [1.165, 1.54) is 17.7 Å². The molecular weight excluding hydrogens is 510 g/mol. The Morgan fingerprint density at radius 2 is 1.84 bits per heavy atom. The number of nitrogens with one attached hydrogen (secondary N) is 3. The van der Waals surface area contributed by atoms with Crippen molar-refractivity contribution < 1.29 is 13.9 Å². The topological polar surface area (TPSA) is 74.8 Å². The zero-order chi connectivity index (χ0) is 21.8. The molecule has 0 heterocycles. The van der Waals surface area contributed by atoms with Crippen LogP contribution in [-0.4, -0.2) is 45.2 Å². The van der Waals surface area contributed by atoms with E-state index in [1.807, 2.05) is 26.0 Å². The number of hydrogen-bond acceptors (Lipinski definition) is 3. The number of benzene rings is 2. The lowest BCUT2D eigenvalue weighted by molar-refractivity contribution is -0.120. The lowest BCUT2D eigenvalue weighted by Gasteiger charge is -2.12. The van der Waals surface area contributed by atoms with Gasteiger partial charge in [-0.05, 0) is 55.2 Å². The number of halogens is 2. The summed E-state index contributed by atoms with van der Waals surface area (Å²) in [6.45, 7) is 6.39. The van der Waals surface area contributed by atoms with E-state index in [0.717, 1.165) is 24.3 Å². The summed E-state index contributed by atoms with van der Waals surface area (Å²) < 4.78 is 18.5. The highest BCUT2D eigenvalue weighted by molar-refractivity contribution is 14.0. The molecule has 8 heteroatoms. The van der Waals surface area contributed by atoms with Gasteiger partial charge in [0.25, 0.3) is 0 Å². The summed E-state index contributed by atoms with van der Waals surface area (Å²) in [5.74, 6) is 1.11. The highest BCUT2D eigenvalue weighted by Crippen LogP contribution is 2.19. The minimum Gasteiger partial charge on any atom is -0.496 e. The first-order valence-corrected chi connectivity index (χ1v) is 10.2. The third-order valence-electron chi connectivity index (χ3n) is 4.48. The van der Waals surface area contributed by atoms with Crippen molar-refractivity contribution in [1.82, 2.24) is 16.0 Å². The van der Waals surface area contributed by atoms with Crippen molar-refractivity contribution in [3.05, 3.63) is 65.0 Å². The van der Waals surface area contributed by atoms with Crippen molar-refractivity contribution in [2.45, 2.75) is 26.7 Å². The predicted octanol–water partition coefficient (Wildman–Crippen LogP) is 3.22. The molecule has 6 nitrogen and oxygen atoms in total. The minimum absolute atomic E-state index is 0. The molecule has 170 valence electrons. The molecule has 0 fully saturated rings. The van der Waals surface area contributed by atoms with Gasteiger partial charge in [-0.25, -0.2) is 4.39 Å². The lowest BCUT2D eigenvalue weighted by atomic mass is 10.1. The van der Waals surface area contributed by atoms with E-state index in [4.69, 9.17) is 4.74 Å². The number of nitrogens with zero attached hydrogens (tertiary/aromatic N) is 1. The Morgan fingerprint density at radius 1 is 1.06 bits per heavy atom. The van der Waals surface area contributed by atoms with Gasteiger partial charge in [0.2, 0.25) is 5.91 Å². The van der Waals surface area contributed by atoms with Gasteiger partial charge in [-0.1, -0.05) is 24.3 Å². The van der Waals surface area contributed by atoms with Crippen LogP contribution in [0, 0.1) is 12.7 Å². The molecule has 0 atom stereocenters. The van der Waals surface area contributed by atoms with Gasteiger partial charge in [-0.15, -0.1) is 24.0 Å². The molecule has 31 heavy (non-hydrogen) atoms. The smallest absolute Gasteiger partial charge is 0.224 e. The first-order valence-electron chi connectivity index (χ1n) is 10.2. The number of carbonyl (C=O) groups is 1. The summed E-state index contributed by atoms with van der Waals surface area (Å²) in [5, 5.41) is 9.23. The number of aliphatic imine (C=N–C) groups is 1. The summed E-state index contributed by atoms with van der Waals surface area (Å²) in [7, 11) is 1.67. The fourth-order valence-corrected chi connectivity index (χ4v) is 2.94. The molecule has 0 saturated carbocycles. The van der Waals surface area contributed by atoms with Crippen LogP contribution in [0.1, 0.15) is 23.6 Å². The maximum atomic E-state index is 13.2. The zero-order valence-electron chi connectivity index (χ0n) is 18.3. The standard InChI is InChI=1S/C23H31FN4O2.HI/c1-4-25-23(27-11-10-18-9-8-17(2)21(15-18)30-3)28-13-12-26-22(29)16-19-6-5-7-20(24)14-19;/h5-9,14-15H,4,10-13,16H2,1-3H3,(H,26,29)(H2,25,27,28);1H. The summed E-state index contributed by atoms with van der Waals surface area (Å²) in [4.78, 5) is 16.6. The van der Waals surface area contributed by atoms with Crippen LogP contribution in [0.3, 0.4) is 0 Å². The molecule has 0 saturated heterocycles. The predicted molar refractivity (Wildman–Crippen MR) is 134 cm³/mol. The van der Waals surface area contributed by atoms with Crippen LogP contribution in [0.5, 0.6) is 5.75 Å². The van der Waals surface area contributed by atoms with Crippen LogP contribution < -0.4 is 20.7 Å². The number of aryl methyl sites for hydroxylation is 1. The largest absolute Gasteiger partial charge is 0.496 e. The van der Waals surface area contributed by atoms with Crippen LogP contribution >= 0.6 is 24.0 Å². The van der Waals surface area contributed by atoms with E-state index in [-0.39, 0.29) is 42.1 Å². The van der Waals surface area contributed by atoms with Gasteiger partial charge in [-0.3, -0.25) is 9.79 Å². The molecule has 2 rings (SSSR count). The van der Waals surface area contributed by atoms with Gasteiger partial charge in [0.15, 0.2) is 5.96 Å². The number of hydrogen-bond donors (Lipinski definition) is 3. The molecule has 0 aliphatic carbocycles. The molecule has 2 aromatic rings. The molecule has 0 radical (unpaired) electrons. The van der Waals surface area contributed by atoms with Crippen molar-refractivity contribution in [3.8, 4) is 5.75 Å². The Balaban J connectivity index is 0.00000480. The molecule has 0 aliphatic rings. The Bertz CT molecular complexity index is 861. The molecule has 0 unspecified atom stereocenters. The van der Waals surface area contributed by atoms with E-state index in [1.54, 1.807) is 19.2 Å². The highest BCUT2D eigenvalue weighted by Gasteiger charge is 2.05. The van der Waals surface area contributed by atoms with Gasteiger partial charge in [0.05, 0.1) is 13.5 Å². The average Bonchev–Trinajstić information content (AvgIpc) is 2.72. The SMILES string of the molecule is CCNC(=NCCc1ccc(C)c(OC)c1)NCCNC(=O)Cc1cccc(F)c1.I. The highest BCUT2D eigenvalue weighted by atomic mass is 127. The summed E-state index contributed by atoms with van der Waals surface area (Å²) in [5.41, 5.74) is 2.93. The molecule has 0 aliphatic heterocycles. The number of rotatable bonds is 10. The molecule has 2 aromatic carbocycles. The van der Waals surface area contributed by atoms with Gasteiger partial charge in [-0.2, -0.15) is 0 Å². The molecule has 0 spiro atoms. The van der Waals surface area contributed by atoms with E-state index in [9.17, 15) is 9.18 Å². The molecular formula is C23H32FIN4O2. The monoisotopic (exact) mass is 542 g/mol. The van der Waals surface area contributed by atoms with E-state index in [0.29, 0.717) is 31.2 Å². The second-order valence-corrected chi connectivity index (χ2v) is 6.90. The van der Waals surface area contributed by atoms with Crippen LogP contribution in [0.4, 0.5) is 4.39 Å². The second kappa shape index (κ2) is 14.6. The maximum Gasteiger partial charge on any atom is 0.224 e. The second-order valence-electron chi connectivity index (χ2n) is 6.90. The summed E-state index contributed by atoms with van der Waals surface area (Å²) in [6, 6.07) is 12.3. The van der Waals surface area contributed by atoms with Crippen LogP contribution in [-0.2, 0) is 17.6 Å². The van der Waals surface area contributed by atoms with E-state index >= 15 is 0 Å². The third-order valence-corrected chi connectivity index (χ3v) is 4.48. The van der Waals surface area contributed by atoms with Crippen LogP contribution in [0.15, 0.2) is 47.5 Å². The molecule has 0 aromatic heterocycles. The quantitative estimate of drug-likeness (QED) is 0.187. The van der Waals surface area contributed by atoms with Gasteiger partial charge in [0, 0.05) is 26.2 Å². The number of methoxy groups -OCH3 is 1. The maximum absolute atomic E-state index is 13.2. The van der Waals surface area contributed by atoms with Crippen LogP contribution in [0.2, 0.25) is 0 Å². The van der Waals surface area contributed by atoms with Crippen molar-refractivity contribution >= 4 is 35.8 Å². The summed E-state index contributed by atoms with van der Waals surface area (Å²) in [6.07, 6.45) is 0.962.